The van der Waals surface area contributed by atoms with Gasteiger partial charge in [-0.05, 0) is 42.0 Å². The Morgan fingerprint density at radius 2 is 1.73 bits per heavy atom. The second kappa shape index (κ2) is 8.01. The van der Waals surface area contributed by atoms with Gasteiger partial charge in [0.2, 0.25) is 0 Å². The molecule has 2 aromatic carbocycles. The van der Waals surface area contributed by atoms with Gasteiger partial charge in [0.05, 0.1) is 6.04 Å². The first-order valence-electron chi connectivity index (χ1n) is 9.68. The molecule has 2 aromatic heterocycles. The number of benzene rings is 2. The molecule has 1 aliphatic rings. The number of hydrogen-bond donors (Lipinski definition) is 1. The number of nitrogens with zero attached hydrogens (tertiary/aromatic N) is 4. The van der Waals surface area contributed by atoms with E-state index in [0.29, 0.717) is 23.3 Å². The highest BCUT2D eigenvalue weighted by molar-refractivity contribution is 6.31. The third-order valence-corrected chi connectivity index (χ3v) is 5.77. The number of halogens is 2. The van der Waals surface area contributed by atoms with Crippen molar-refractivity contribution < 1.29 is 0 Å². The molecule has 1 N–H and O–H groups in total. The second-order valence-electron chi connectivity index (χ2n) is 7.21. The molecule has 1 unspecified atom stereocenters. The normalized spacial score (nSPS) is 15.3. The van der Waals surface area contributed by atoms with Crippen LogP contribution >= 0.6 is 23.2 Å². The lowest BCUT2D eigenvalue weighted by Crippen LogP contribution is -2.31. The van der Waals surface area contributed by atoms with Crippen LogP contribution in [0.1, 0.15) is 17.3 Å². The van der Waals surface area contributed by atoms with Crippen molar-refractivity contribution in [2.75, 3.05) is 16.8 Å². The molecule has 0 saturated carbocycles. The van der Waals surface area contributed by atoms with Gasteiger partial charge in [0, 0.05) is 35.7 Å². The van der Waals surface area contributed by atoms with Crippen molar-refractivity contribution in [3.05, 3.63) is 101 Å². The van der Waals surface area contributed by atoms with Crippen molar-refractivity contribution in [2.24, 2.45) is 0 Å². The van der Waals surface area contributed by atoms with Crippen molar-refractivity contribution in [1.29, 1.82) is 0 Å². The maximum Gasteiger partial charge on any atom is 0.158 e. The highest BCUT2D eigenvalue weighted by Gasteiger charge is 2.29. The van der Waals surface area contributed by atoms with Crippen molar-refractivity contribution >= 4 is 34.7 Å². The Morgan fingerprint density at radius 1 is 0.933 bits per heavy atom. The Kier molecular flexibility index (Phi) is 5.07. The van der Waals surface area contributed by atoms with Gasteiger partial charge in [0.25, 0.3) is 0 Å². The minimum absolute atomic E-state index is 0.00940. The summed E-state index contributed by atoms with van der Waals surface area (Å²) in [7, 11) is 0. The van der Waals surface area contributed by atoms with E-state index in [1.165, 1.54) is 11.9 Å². The van der Waals surface area contributed by atoms with Gasteiger partial charge in [-0.2, -0.15) is 0 Å². The van der Waals surface area contributed by atoms with Crippen molar-refractivity contribution in [1.82, 2.24) is 14.5 Å². The summed E-state index contributed by atoms with van der Waals surface area (Å²) >= 11 is 12.6. The quantitative estimate of drug-likeness (QED) is 0.414. The zero-order chi connectivity index (χ0) is 20.5. The van der Waals surface area contributed by atoms with Crippen LogP contribution < -0.4 is 10.2 Å². The van der Waals surface area contributed by atoms with Crippen molar-refractivity contribution in [3.8, 4) is 5.69 Å². The zero-order valence-electron chi connectivity index (χ0n) is 16.0. The third-order valence-electron chi connectivity index (χ3n) is 5.24. The fourth-order valence-corrected chi connectivity index (χ4v) is 4.22. The van der Waals surface area contributed by atoms with Crippen LogP contribution in [0.15, 0.2) is 79.3 Å². The first kappa shape index (κ1) is 19.0. The summed E-state index contributed by atoms with van der Waals surface area (Å²) in [6.45, 7) is 1.42. The summed E-state index contributed by atoms with van der Waals surface area (Å²) < 4.78 is 2.08. The number of aromatic nitrogens is 3. The van der Waals surface area contributed by atoms with E-state index in [-0.39, 0.29) is 6.04 Å². The van der Waals surface area contributed by atoms with E-state index in [4.69, 9.17) is 23.2 Å². The van der Waals surface area contributed by atoms with Gasteiger partial charge in [0.1, 0.15) is 12.0 Å². The maximum atomic E-state index is 6.56. The molecule has 0 spiro atoms. The number of anilines is 2. The molecule has 0 saturated heterocycles. The van der Waals surface area contributed by atoms with Crippen LogP contribution in [0.4, 0.5) is 11.5 Å². The van der Waals surface area contributed by atoms with Crippen LogP contribution in [0.2, 0.25) is 10.2 Å². The van der Waals surface area contributed by atoms with Gasteiger partial charge in [0.15, 0.2) is 11.0 Å². The fraction of sp³-hybridized carbons (Fsp3) is 0.130. The molecule has 0 aliphatic carbocycles. The summed E-state index contributed by atoms with van der Waals surface area (Å²) in [5.41, 5.74) is 4.10. The number of fused-ring (bicyclic) bond motifs is 3. The van der Waals surface area contributed by atoms with Crippen molar-refractivity contribution in [2.45, 2.75) is 12.6 Å². The Balaban J connectivity index is 1.59. The summed E-state index contributed by atoms with van der Waals surface area (Å²) in [6, 6.07) is 22.2. The molecule has 150 valence electrons. The second-order valence-corrected chi connectivity index (χ2v) is 8.00. The zero-order valence-corrected chi connectivity index (χ0v) is 17.6. The topological polar surface area (TPSA) is 46.0 Å². The highest BCUT2D eigenvalue weighted by atomic mass is 35.5. The summed E-state index contributed by atoms with van der Waals surface area (Å²) in [5.74, 6) is 0.816. The largest absolute Gasteiger partial charge is 0.375 e. The Morgan fingerprint density at radius 3 is 2.53 bits per heavy atom. The van der Waals surface area contributed by atoms with E-state index in [1.54, 1.807) is 0 Å². The molecule has 4 aromatic rings. The van der Waals surface area contributed by atoms with Crippen LogP contribution in [-0.4, -0.2) is 21.1 Å². The average Bonchev–Trinajstić information content (AvgIpc) is 3.20. The monoisotopic (exact) mass is 435 g/mol. The van der Waals surface area contributed by atoms with Crippen LogP contribution in [0.3, 0.4) is 0 Å². The first-order valence-corrected chi connectivity index (χ1v) is 10.4. The molecule has 0 amide bonds. The molecule has 0 radical (unpaired) electrons. The lowest BCUT2D eigenvalue weighted by Gasteiger charge is -2.27. The molecule has 5 nitrogen and oxygen atoms in total. The first-order chi connectivity index (χ1) is 14.7. The Bertz CT molecular complexity index is 1160. The van der Waals surface area contributed by atoms with Gasteiger partial charge in [-0.15, -0.1) is 0 Å². The average molecular weight is 436 g/mol. The molecule has 0 fully saturated rings. The smallest absolute Gasteiger partial charge is 0.158 e. The summed E-state index contributed by atoms with van der Waals surface area (Å²) in [6.07, 6.45) is 3.53. The molecule has 30 heavy (non-hydrogen) atoms. The van der Waals surface area contributed by atoms with E-state index >= 15 is 0 Å². The third kappa shape index (κ3) is 3.62. The Labute approximate surface area is 184 Å². The van der Waals surface area contributed by atoms with Gasteiger partial charge >= 0.3 is 0 Å². The summed E-state index contributed by atoms with van der Waals surface area (Å²) in [4.78, 5) is 11.1. The molecular formula is C23H19Cl2N5. The molecule has 7 heteroatoms. The fourth-order valence-electron chi connectivity index (χ4n) is 3.88. The Hall–Kier alpha value is -3.02. The van der Waals surface area contributed by atoms with Gasteiger partial charge in [-0.3, -0.25) is 0 Å². The molecular weight excluding hydrogens is 417 g/mol. The molecule has 3 heterocycles. The predicted molar refractivity (Wildman–Crippen MR) is 122 cm³/mol. The number of rotatable bonds is 4. The molecule has 0 bridgehead atoms. The number of nitrogens with one attached hydrogen (secondary N) is 1. The predicted octanol–water partition coefficient (Wildman–Crippen LogP) is 5.75. The lowest BCUT2D eigenvalue weighted by atomic mass is 10.1. The van der Waals surface area contributed by atoms with E-state index in [0.717, 1.165) is 22.9 Å². The highest BCUT2D eigenvalue weighted by Crippen LogP contribution is 2.37. The minimum Gasteiger partial charge on any atom is -0.375 e. The standard InChI is InChI=1S/C23H19Cl2N5/c24-17-8-10-18(11-9-17)28-19-14-29(13-16-5-2-1-3-6-16)23-21(22(25)26-15-27-23)30-12-4-7-20(19)30/h1-12,15,19,28H,13-14H2. The van der Waals surface area contributed by atoms with Crippen LogP contribution in [0.25, 0.3) is 5.69 Å². The maximum absolute atomic E-state index is 6.56. The van der Waals surface area contributed by atoms with Crippen molar-refractivity contribution in [3.63, 3.8) is 0 Å². The number of hydrogen-bond acceptors (Lipinski definition) is 4. The molecule has 1 atom stereocenters. The van der Waals surface area contributed by atoms with E-state index in [1.807, 2.05) is 54.7 Å². The van der Waals surface area contributed by atoms with Gasteiger partial charge in [-0.25, -0.2) is 9.97 Å². The van der Waals surface area contributed by atoms with E-state index < -0.39 is 0 Å². The van der Waals surface area contributed by atoms with Crippen LogP contribution in [0.5, 0.6) is 0 Å². The van der Waals surface area contributed by atoms with Crippen LogP contribution in [0, 0.1) is 0 Å². The van der Waals surface area contributed by atoms with Gasteiger partial charge < -0.3 is 14.8 Å². The van der Waals surface area contributed by atoms with E-state index in [9.17, 15) is 0 Å². The lowest BCUT2D eigenvalue weighted by molar-refractivity contribution is 0.685. The SMILES string of the molecule is Clc1ccc(NC2CN(Cc3ccccc3)c3ncnc(Cl)c3-n3cccc32)cc1. The summed E-state index contributed by atoms with van der Waals surface area (Å²) in [5, 5.41) is 4.79. The minimum atomic E-state index is 0.00940. The van der Waals surface area contributed by atoms with E-state index in [2.05, 4.69) is 43.0 Å². The van der Waals surface area contributed by atoms with Crippen LogP contribution in [-0.2, 0) is 6.54 Å². The molecule has 1 aliphatic heterocycles. The molecule has 5 rings (SSSR count). The van der Waals surface area contributed by atoms with Gasteiger partial charge in [-0.1, -0.05) is 53.5 Å².